The highest BCUT2D eigenvalue weighted by molar-refractivity contribution is 4.95. The summed E-state index contributed by atoms with van der Waals surface area (Å²) >= 11 is 0. The fourth-order valence-corrected chi connectivity index (χ4v) is 2.64. The normalized spacial score (nSPS) is 25.5. The van der Waals surface area contributed by atoms with E-state index in [1.807, 2.05) is 4.68 Å². The van der Waals surface area contributed by atoms with E-state index in [0.717, 1.165) is 31.6 Å². The van der Waals surface area contributed by atoms with Gasteiger partial charge >= 0.3 is 0 Å². The third-order valence-electron chi connectivity index (χ3n) is 3.64. The Kier molecular flexibility index (Phi) is 4.66. The van der Waals surface area contributed by atoms with Crippen LogP contribution in [0.4, 0.5) is 0 Å². The lowest BCUT2D eigenvalue weighted by Crippen LogP contribution is -2.28. The highest BCUT2D eigenvalue weighted by atomic mass is 16.5. The molecule has 1 heterocycles. The predicted octanol–water partition coefficient (Wildman–Crippen LogP) is 1.47. The highest BCUT2D eigenvalue weighted by Crippen LogP contribution is 2.32. The van der Waals surface area contributed by atoms with Gasteiger partial charge in [-0.3, -0.25) is 0 Å². The monoisotopic (exact) mass is 253 g/mol. The quantitative estimate of drug-likeness (QED) is 0.831. The van der Waals surface area contributed by atoms with E-state index >= 15 is 0 Å². The summed E-state index contributed by atoms with van der Waals surface area (Å²) in [7, 11) is 1.77. The minimum absolute atomic E-state index is 0.179. The molecule has 0 aliphatic heterocycles. The third kappa shape index (κ3) is 2.70. The van der Waals surface area contributed by atoms with Crippen LogP contribution in [0.25, 0.3) is 0 Å². The molecule has 18 heavy (non-hydrogen) atoms. The number of aromatic nitrogens is 4. The lowest BCUT2D eigenvalue weighted by molar-refractivity contribution is 0.0685. The standard InChI is InChI=1S/C12H23N5O/c1-4-8-13-9(2)12-14-15-16-17(12)10-6-5-7-11(10)18-3/h9-11,13H,4-8H2,1-3H3. The molecule has 0 saturated heterocycles. The Hall–Kier alpha value is -1.01. The Bertz CT molecular complexity index is 367. The van der Waals surface area contributed by atoms with Gasteiger partial charge in [0, 0.05) is 7.11 Å². The maximum atomic E-state index is 5.53. The summed E-state index contributed by atoms with van der Waals surface area (Å²) in [6.45, 7) is 5.24. The minimum Gasteiger partial charge on any atom is -0.379 e. The van der Waals surface area contributed by atoms with Gasteiger partial charge in [0.05, 0.1) is 18.2 Å². The summed E-state index contributed by atoms with van der Waals surface area (Å²) in [5.41, 5.74) is 0. The van der Waals surface area contributed by atoms with Crippen molar-refractivity contribution in [1.29, 1.82) is 0 Å². The molecular formula is C12H23N5O. The van der Waals surface area contributed by atoms with Crippen LogP contribution in [-0.2, 0) is 4.74 Å². The van der Waals surface area contributed by atoms with Crippen LogP contribution in [-0.4, -0.2) is 40.0 Å². The van der Waals surface area contributed by atoms with E-state index in [0.29, 0.717) is 0 Å². The Balaban J connectivity index is 2.11. The summed E-state index contributed by atoms with van der Waals surface area (Å²) < 4.78 is 7.48. The van der Waals surface area contributed by atoms with E-state index in [1.165, 1.54) is 6.42 Å². The number of tetrazole rings is 1. The molecule has 1 saturated carbocycles. The van der Waals surface area contributed by atoms with Crippen molar-refractivity contribution in [2.45, 2.75) is 57.7 Å². The largest absolute Gasteiger partial charge is 0.379 e. The number of ether oxygens (including phenoxy) is 1. The lowest BCUT2D eigenvalue weighted by Gasteiger charge is -2.21. The molecule has 1 fully saturated rings. The van der Waals surface area contributed by atoms with Gasteiger partial charge in [-0.05, 0) is 49.6 Å². The van der Waals surface area contributed by atoms with Gasteiger partial charge in [0.2, 0.25) is 0 Å². The first-order chi connectivity index (χ1) is 8.77. The second-order valence-corrected chi connectivity index (χ2v) is 4.93. The van der Waals surface area contributed by atoms with E-state index in [-0.39, 0.29) is 18.2 Å². The zero-order chi connectivity index (χ0) is 13.0. The Labute approximate surface area is 108 Å². The number of hydrogen-bond donors (Lipinski definition) is 1. The van der Waals surface area contributed by atoms with E-state index in [2.05, 4.69) is 34.7 Å². The molecule has 1 aromatic heterocycles. The predicted molar refractivity (Wildman–Crippen MR) is 68.2 cm³/mol. The van der Waals surface area contributed by atoms with Crippen LogP contribution in [0.3, 0.4) is 0 Å². The van der Waals surface area contributed by atoms with Crippen LogP contribution in [0.15, 0.2) is 0 Å². The molecule has 3 unspecified atom stereocenters. The van der Waals surface area contributed by atoms with Crippen LogP contribution in [0.2, 0.25) is 0 Å². The van der Waals surface area contributed by atoms with Gasteiger partial charge in [-0.1, -0.05) is 6.92 Å². The van der Waals surface area contributed by atoms with Crippen molar-refractivity contribution in [1.82, 2.24) is 25.5 Å². The van der Waals surface area contributed by atoms with Crippen molar-refractivity contribution in [3.8, 4) is 0 Å². The molecule has 0 amide bonds. The summed E-state index contributed by atoms with van der Waals surface area (Å²) in [5, 5.41) is 15.6. The molecule has 1 aromatic rings. The number of nitrogens with one attached hydrogen (secondary N) is 1. The molecule has 0 spiro atoms. The molecular weight excluding hydrogens is 230 g/mol. The van der Waals surface area contributed by atoms with E-state index < -0.39 is 0 Å². The van der Waals surface area contributed by atoms with Gasteiger partial charge in [0.1, 0.15) is 0 Å². The molecule has 3 atom stereocenters. The van der Waals surface area contributed by atoms with Crippen molar-refractivity contribution in [2.24, 2.45) is 0 Å². The van der Waals surface area contributed by atoms with Gasteiger partial charge in [0.15, 0.2) is 5.82 Å². The second kappa shape index (κ2) is 6.24. The molecule has 102 valence electrons. The average molecular weight is 253 g/mol. The van der Waals surface area contributed by atoms with Crippen LogP contribution in [0.1, 0.15) is 57.4 Å². The SMILES string of the molecule is CCCNC(C)c1nnnn1C1CCCC1OC. The second-order valence-electron chi connectivity index (χ2n) is 4.93. The molecule has 0 aromatic carbocycles. The summed E-state index contributed by atoms with van der Waals surface area (Å²) in [6.07, 6.45) is 4.72. The van der Waals surface area contributed by atoms with Crippen LogP contribution < -0.4 is 5.32 Å². The fourth-order valence-electron chi connectivity index (χ4n) is 2.64. The molecule has 0 radical (unpaired) electrons. The first kappa shape index (κ1) is 13.4. The molecule has 1 aliphatic carbocycles. The highest BCUT2D eigenvalue weighted by Gasteiger charge is 2.32. The zero-order valence-electron chi connectivity index (χ0n) is 11.5. The Morgan fingerprint density at radius 3 is 3.06 bits per heavy atom. The van der Waals surface area contributed by atoms with E-state index in [9.17, 15) is 0 Å². The molecule has 6 nitrogen and oxygen atoms in total. The van der Waals surface area contributed by atoms with Crippen molar-refractivity contribution in [2.75, 3.05) is 13.7 Å². The van der Waals surface area contributed by atoms with Crippen LogP contribution in [0, 0.1) is 0 Å². The van der Waals surface area contributed by atoms with Crippen molar-refractivity contribution >= 4 is 0 Å². The molecule has 6 heteroatoms. The van der Waals surface area contributed by atoms with E-state index in [1.54, 1.807) is 7.11 Å². The maximum absolute atomic E-state index is 5.53. The number of hydrogen-bond acceptors (Lipinski definition) is 5. The smallest absolute Gasteiger partial charge is 0.168 e. The number of rotatable bonds is 6. The average Bonchev–Trinajstić information content (AvgIpc) is 3.02. The van der Waals surface area contributed by atoms with Crippen LogP contribution in [0.5, 0.6) is 0 Å². The van der Waals surface area contributed by atoms with Gasteiger partial charge in [-0.2, -0.15) is 0 Å². The van der Waals surface area contributed by atoms with Gasteiger partial charge in [0.25, 0.3) is 0 Å². The van der Waals surface area contributed by atoms with E-state index in [4.69, 9.17) is 4.74 Å². The molecule has 0 bridgehead atoms. The zero-order valence-corrected chi connectivity index (χ0v) is 11.5. The Morgan fingerprint density at radius 1 is 1.50 bits per heavy atom. The number of methoxy groups -OCH3 is 1. The molecule has 1 N–H and O–H groups in total. The van der Waals surface area contributed by atoms with Crippen molar-refractivity contribution in [3.05, 3.63) is 5.82 Å². The minimum atomic E-state index is 0.179. The van der Waals surface area contributed by atoms with Crippen LogP contribution >= 0.6 is 0 Å². The topological polar surface area (TPSA) is 64.9 Å². The summed E-state index contributed by atoms with van der Waals surface area (Å²) in [6, 6.07) is 0.462. The lowest BCUT2D eigenvalue weighted by atomic mass is 10.2. The molecule has 1 aliphatic rings. The van der Waals surface area contributed by atoms with Gasteiger partial charge in [-0.25, -0.2) is 4.68 Å². The van der Waals surface area contributed by atoms with Gasteiger partial charge < -0.3 is 10.1 Å². The van der Waals surface area contributed by atoms with Gasteiger partial charge in [-0.15, -0.1) is 5.10 Å². The first-order valence-corrected chi connectivity index (χ1v) is 6.81. The van der Waals surface area contributed by atoms with Crippen molar-refractivity contribution in [3.63, 3.8) is 0 Å². The first-order valence-electron chi connectivity index (χ1n) is 6.81. The third-order valence-corrected chi connectivity index (χ3v) is 3.64. The number of nitrogens with zero attached hydrogens (tertiary/aromatic N) is 4. The maximum Gasteiger partial charge on any atom is 0.168 e. The summed E-state index contributed by atoms with van der Waals surface area (Å²) in [5.74, 6) is 0.914. The summed E-state index contributed by atoms with van der Waals surface area (Å²) in [4.78, 5) is 0. The molecule has 2 rings (SSSR count). The Morgan fingerprint density at radius 2 is 2.33 bits per heavy atom. The van der Waals surface area contributed by atoms with Crippen molar-refractivity contribution < 1.29 is 4.74 Å². The fraction of sp³-hybridized carbons (Fsp3) is 0.917.